The highest BCUT2D eigenvalue weighted by Gasteiger charge is 2.17. The summed E-state index contributed by atoms with van der Waals surface area (Å²) >= 11 is 12.7. The number of aromatic nitrogens is 2. The standard InChI is InChI=1S/C9H8Cl2N4OS/c1-3-6(12)8(15-14-3)13-9(16)4-2-5(10)17-7(4)11/h2H,12H2,1H3,(H2,13,14,15,16). The maximum Gasteiger partial charge on any atom is 0.259 e. The number of aromatic amines is 1. The van der Waals surface area contributed by atoms with E-state index < -0.39 is 5.91 Å². The third-order valence-corrected chi connectivity index (χ3v) is 3.62. The number of carbonyl (C=O) groups excluding carboxylic acids is 1. The molecule has 8 heteroatoms. The third-order valence-electron chi connectivity index (χ3n) is 2.13. The number of nitrogens with one attached hydrogen (secondary N) is 2. The number of carbonyl (C=O) groups is 1. The first-order valence-corrected chi connectivity index (χ1v) is 6.13. The molecule has 1 amide bonds. The molecule has 0 spiro atoms. The Balaban J connectivity index is 2.23. The summed E-state index contributed by atoms with van der Waals surface area (Å²) in [5.41, 5.74) is 7.10. The van der Waals surface area contributed by atoms with Crippen molar-refractivity contribution in [3.63, 3.8) is 0 Å². The Bertz CT molecular complexity index is 578. The van der Waals surface area contributed by atoms with Gasteiger partial charge in [-0.25, -0.2) is 0 Å². The molecule has 5 nitrogen and oxygen atoms in total. The second-order valence-electron chi connectivity index (χ2n) is 3.30. The zero-order valence-electron chi connectivity index (χ0n) is 8.67. The SMILES string of the molecule is Cc1[nH]nc(NC(=O)c2cc(Cl)sc2Cl)c1N. The van der Waals surface area contributed by atoms with Crippen LogP contribution >= 0.6 is 34.5 Å². The largest absolute Gasteiger partial charge is 0.394 e. The first kappa shape index (κ1) is 12.2. The smallest absolute Gasteiger partial charge is 0.259 e. The molecule has 0 fully saturated rings. The van der Waals surface area contributed by atoms with E-state index in [1.807, 2.05) is 0 Å². The zero-order chi connectivity index (χ0) is 12.6. The molecule has 2 aromatic rings. The summed E-state index contributed by atoms with van der Waals surface area (Å²) in [7, 11) is 0. The van der Waals surface area contributed by atoms with E-state index >= 15 is 0 Å². The van der Waals surface area contributed by atoms with Crippen molar-refractivity contribution in [2.24, 2.45) is 0 Å². The number of amides is 1. The Morgan fingerprint density at radius 2 is 2.29 bits per heavy atom. The Morgan fingerprint density at radius 3 is 2.76 bits per heavy atom. The second kappa shape index (κ2) is 4.56. The molecule has 0 radical (unpaired) electrons. The summed E-state index contributed by atoms with van der Waals surface area (Å²) in [5, 5.41) is 9.09. The molecule has 2 rings (SSSR count). The van der Waals surface area contributed by atoms with Gasteiger partial charge in [-0.1, -0.05) is 23.2 Å². The Kier molecular flexibility index (Phi) is 3.28. The number of rotatable bonds is 2. The van der Waals surface area contributed by atoms with E-state index in [0.717, 1.165) is 11.3 Å². The molecule has 2 aromatic heterocycles. The van der Waals surface area contributed by atoms with Crippen molar-refractivity contribution in [2.45, 2.75) is 6.92 Å². The number of nitrogen functional groups attached to an aromatic ring is 1. The number of nitrogens with zero attached hydrogens (tertiary/aromatic N) is 1. The van der Waals surface area contributed by atoms with E-state index in [-0.39, 0.29) is 5.82 Å². The van der Waals surface area contributed by atoms with Crippen LogP contribution in [0, 0.1) is 6.92 Å². The quantitative estimate of drug-likeness (QED) is 0.795. The molecule has 0 aliphatic carbocycles. The summed E-state index contributed by atoms with van der Waals surface area (Å²) in [4.78, 5) is 11.9. The van der Waals surface area contributed by atoms with Crippen LogP contribution in [0.2, 0.25) is 8.67 Å². The van der Waals surface area contributed by atoms with Gasteiger partial charge in [0, 0.05) is 0 Å². The van der Waals surface area contributed by atoms with Crippen LogP contribution in [0.1, 0.15) is 16.1 Å². The van der Waals surface area contributed by atoms with E-state index in [2.05, 4.69) is 15.5 Å². The molecule has 0 saturated carbocycles. The van der Waals surface area contributed by atoms with E-state index in [9.17, 15) is 4.79 Å². The lowest BCUT2D eigenvalue weighted by Crippen LogP contribution is -2.12. The highest BCUT2D eigenvalue weighted by Crippen LogP contribution is 2.31. The van der Waals surface area contributed by atoms with Crippen molar-refractivity contribution in [1.29, 1.82) is 0 Å². The summed E-state index contributed by atoms with van der Waals surface area (Å²) in [6.45, 7) is 1.76. The van der Waals surface area contributed by atoms with Crippen LogP contribution in [0.25, 0.3) is 0 Å². The van der Waals surface area contributed by atoms with Crippen LogP contribution in [-0.4, -0.2) is 16.1 Å². The molecule has 0 aliphatic rings. The highest BCUT2D eigenvalue weighted by molar-refractivity contribution is 7.20. The lowest BCUT2D eigenvalue weighted by Gasteiger charge is -2.01. The van der Waals surface area contributed by atoms with Gasteiger partial charge in [0.15, 0.2) is 5.82 Å². The van der Waals surface area contributed by atoms with Crippen LogP contribution in [0.15, 0.2) is 6.07 Å². The topological polar surface area (TPSA) is 83.8 Å². The number of H-pyrrole nitrogens is 1. The molecule has 0 aliphatic heterocycles. The first-order chi connectivity index (χ1) is 7.99. The first-order valence-electron chi connectivity index (χ1n) is 4.55. The summed E-state index contributed by atoms with van der Waals surface area (Å²) in [5.74, 6) is -0.109. The van der Waals surface area contributed by atoms with Gasteiger partial charge in [0.1, 0.15) is 4.34 Å². The minimum atomic E-state index is -0.392. The average molecular weight is 291 g/mol. The van der Waals surface area contributed by atoms with Crippen LogP contribution < -0.4 is 11.1 Å². The number of hydrogen-bond donors (Lipinski definition) is 3. The molecule has 0 bridgehead atoms. The summed E-state index contributed by atoms with van der Waals surface area (Å²) in [6.07, 6.45) is 0. The fourth-order valence-electron chi connectivity index (χ4n) is 1.20. The van der Waals surface area contributed by atoms with Crippen molar-refractivity contribution in [2.75, 3.05) is 11.1 Å². The molecule has 0 atom stereocenters. The van der Waals surface area contributed by atoms with E-state index in [1.54, 1.807) is 6.92 Å². The van der Waals surface area contributed by atoms with Gasteiger partial charge < -0.3 is 11.1 Å². The predicted molar refractivity (Wildman–Crippen MR) is 70.0 cm³/mol. The number of nitrogens with two attached hydrogens (primary N) is 1. The molecule has 0 saturated heterocycles. The lowest BCUT2D eigenvalue weighted by atomic mass is 10.3. The van der Waals surface area contributed by atoms with E-state index in [1.165, 1.54) is 6.07 Å². The molecule has 90 valence electrons. The van der Waals surface area contributed by atoms with Gasteiger partial charge in [0.05, 0.1) is 21.3 Å². The monoisotopic (exact) mass is 290 g/mol. The van der Waals surface area contributed by atoms with Crippen LogP contribution in [-0.2, 0) is 0 Å². The van der Waals surface area contributed by atoms with E-state index in [4.69, 9.17) is 28.9 Å². The van der Waals surface area contributed by atoms with Gasteiger partial charge in [-0.2, -0.15) is 5.10 Å². The molecule has 0 aromatic carbocycles. The minimum absolute atomic E-state index is 0.283. The van der Waals surface area contributed by atoms with Crippen molar-refractivity contribution in [3.05, 3.63) is 26.0 Å². The summed E-state index contributed by atoms with van der Waals surface area (Å²) < 4.78 is 0.782. The maximum absolute atomic E-state index is 11.9. The predicted octanol–water partition coefficient (Wildman–Crippen LogP) is 2.92. The van der Waals surface area contributed by atoms with Crippen LogP contribution in [0.3, 0.4) is 0 Å². The number of halogens is 2. The number of aryl methyl sites for hydroxylation is 1. The van der Waals surface area contributed by atoms with Crippen molar-refractivity contribution in [1.82, 2.24) is 10.2 Å². The molecular formula is C9H8Cl2N4OS. The van der Waals surface area contributed by atoms with Gasteiger partial charge >= 0.3 is 0 Å². The van der Waals surface area contributed by atoms with Crippen molar-refractivity contribution in [3.8, 4) is 0 Å². The molecule has 4 N–H and O–H groups in total. The fraction of sp³-hybridized carbons (Fsp3) is 0.111. The van der Waals surface area contributed by atoms with Crippen molar-refractivity contribution >= 4 is 52.0 Å². The Morgan fingerprint density at radius 1 is 1.59 bits per heavy atom. The maximum atomic E-state index is 11.9. The lowest BCUT2D eigenvalue weighted by molar-refractivity contribution is 0.102. The Hall–Kier alpha value is -1.24. The number of thiophene rings is 1. The summed E-state index contributed by atoms with van der Waals surface area (Å²) in [6, 6.07) is 1.50. The second-order valence-corrected chi connectivity index (χ2v) is 5.59. The van der Waals surface area contributed by atoms with Crippen LogP contribution in [0.4, 0.5) is 11.5 Å². The molecule has 2 heterocycles. The van der Waals surface area contributed by atoms with Gasteiger partial charge in [0.2, 0.25) is 0 Å². The number of hydrogen-bond acceptors (Lipinski definition) is 4. The minimum Gasteiger partial charge on any atom is -0.394 e. The number of anilines is 2. The van der Waals surface area contributed by atoms with Crippen molar-refractivity contribution < 1.29 is 4.79 Å². The van der Waals surface area contributed by atoms with Gasteiger partial charge in [-0.3, -0.25) is 9.89 Å². The third kappa shape index (κ3) is 2.38. The van der Waals surface area contributed by atoms with Gasteiger partial charge in [0.25, 0.3) is 5.91 Å². The van der Waals surface area contributed by atoms with Gasteiger partial charge in [-0.05, 0) is 13.0 Å². The molecule has 17 heavy (non-hydrogen) atoms. The fourth-order valence-corrected chi connectivity index (χ4v) is 2.66. The van der Waals surface area contributed by atoms with E-state index in [0.29, 0.717) is 25.6 Å². The normalized spacial score (nSPS) is 10.5. The Labute approximate surface area is 111 Å². The van der Waals surface area contributed by atoms with Crippen LogP contribution in [0.5, 0.6) is 0 Å². The highest BCUT2D eigenvalue weighted by atomic mass is 35.5. The molecular weight excluding hydrogens is 283 g/mol. The molecule has 0 unspecified atom stereocenters. The zero-order valence-corrected chi connectivity index (χ0v) is 11.0. The van der Waals surface area contributed by atoms with Gasteiger partial charge in [-0.15, -0.1) is 11.3 Å². The average Bonchev–Trinajstić information content (AvgIpc) is 2.75.